The van der Waals surface area contributed by atoms with Crippen molar-refractivity contribution in [2.75, 3.05) is 6.54 Å². The summed E-state index contributed by atoms with van der Waals surface area (Å²) in [6, 6.07) is 3.43. The average molecular weight is 583 g/mol. The Morgan fingerprint density at radius 3 is 2.29 bits per heavy atom. The van der Waals surface area contributed by atoms with E-state index < -0.39 is 47.9 Å². The Kier molecular flexibility index (Phi) is 12.1. The minimum absolute atomic E-state index is 0.0163. The molecule has 0 spiro atoms. The minimum Gasteiger partial charge on any atom is -0.480 e. The maximum absolute atomic E-state index is 13.7. The highest BCUT2D eigenvalue weighted by molar-refractivity contribution is 5.95. The number of aromatic nitrogens is 3. The lowest BCUT2D eigenvalue weighted by molar-refractivity contribution is -0.142. The van der Waals surface area contributed by atoms with E-state index >= 15 is 0 Å². The lowest BCUT2D eigenvalue weighted by Crippen LogP contribution is -2.57. The molecule has 4 unspecified atom stereocenters. The molecule has 3 amide bonds. The summed E-state index contributed by atoms with van der Waals surface area (Å²) in [4.78, 5) is 61.8. The van der Waals surface area contributed by atoms with Gasteiger partial charge in [0.05, 0.1) is 12.4 Å². The molecule has 1 aromatic carbocycles. The molecule has 13 heteroatoms. The molecule has 4 atom stereocenters. The van der Waals surface area contributed by atoms with Crippen molar-refractivity contribution in [2.24, 2.45) is 17.4 Å². The number of nitrogens with two attached hydrogens (primary N) is 2. The van der Waals surface area contributed by atoms with Crippen molar-refractivity contribution in [3.05, 3.63) is 54.2 Å². The number of rotatable bonds is 17. The molecule has 0 saturated heterocycles. The number of imidazole rings is 1. The van der Waals surface area contributed by atoms with Crippen molar-refractivity contribution in [2.45, 2.75) is 76.5 Å². The highest BCUT2D eigenvalue weighted by Gasteiger charge is 2.31. The Balaban J connectivity index is 1.81. The number of aliphatic carboxylic acids is 1. The van der Waals surface area contributed by atoms with E-state index in [1.807, 2.05) is 38.1 Å². The number of H-pyrrole nitrogens is 2. The maximum atomic E-state index is 13.7. The number of carboxylic acid groups (broad SMARTS) is 1. The second-order valence-electron chi connectivity index (χ2n) is 10.9. The minimum atomic E-state index is -1.25. The molecule has 228 valence electrons. The van der Waals surface area contributed by atoms with Crippen LogP contribution in [0.3, 0.4) is 0 Å². The van der Waals surface area contributed by atoms with Crippen LogP contribution >= 0.6 is 0 Å². The molecular weight excluding hydrogens is 540 g/mol. The first-order chi connectivity index (χ1) is 20.1. The average Bonchev–Trinajstić information content (AvgIpc) is 3.61. The van der Waals surface area contributed by atoms with Crippen LogP contribution in [0.2, 0.25) is 0 Å². The molecule has 0 aliphatic heterocycles. The van der Waals surface area contributed by atoms with Crippen LogP contribution in [-0.4, -0.2) is 74.5 Å². The third kappa shape index (κ3) is 9.42. The van der Waals surface area contributed by atoms with E-state index in [-0.39, 0.29) is 25.2 Å². The van der Waals surface area contributed by atoms with E-state index in [1.54, 1.807) is 6.20 Å². The summed E-state index contributed by atoms with van der Waals surface area (Å²) in [6.07, 6.45) is 6.59. The van der Waals surface area contributed by atoms with E-state index in [0.29, 0.717) is 31.5 Å². The number of carboxylic acids is 1. The maximum Gasteiger partial charge on any atom is 0.326 e. The largest absolute Gasteiger partial charge is 0.480 e. The summed E-state index contributed by atoms with van der Waals surface area (Å²) in [6.45, 7) is 4.29. The number of amides is 3. The predicted molar refractivity (Wildman–Crippen MR) is 158 cm³/mol. The summed E-state index contributed by atoms with van der Waals surface area (Å²) < 4.78 is 0. The van der Waals surface area contributed by atoms with Crippen molar-refractivity contribution in [3.8, 4) is 0 Å². The van der Waals surface area contributed by atoms with Crippen LogP contribution < -0.4 is 27.4 Å². The van der Waals surface area contributed by atoms with Gasteiger partial charge < -0.3 is 42.5 Å². The molecule has 0 aliphatic carbocycles. The number of para-hydroxylation sites is 1. The Morgan fingerprint density at radius 2 is 1.62 bits per heavy atom. The first-order valence-electron chi connectivity index (χ1n) is 14.2. The van der Waals surface area contributed by atoms with E-state index in [2.05, 4.69) is 30.9 Å². The van der Waals surface area contributed by atoms with Gasteiger partial charge in [-0.1, -0.05) is 32.0 Å². The number of carbonyl (C=O) groups is 4. The van der Waals surface area contributed by atoms with Crippen molar-refractivity contribution in [1.82, 2.24) is 30.9 Å². The van der Waals surface area contributed by atoms with E-state index in [1.165, 1.54) is 12.5 Å². The zero-order valence-electron chi connectivity index (χ0n) is 24.1. The van der Waals surface area contributed by atoms with Crippen molar-refractivity contribution >= 4 is 34.6 Å². The van der Waals surface area contributed by atoms with Crippen LogP contribution in [0.4, 0.5) is 0 Å². The quantitative estimate of drug-likeness (QED) is 0.106. The van der Waals surface area contributed by atoms with Crippen molar-refractivity contribution < 1.29 is 24.3 Å². The lowest BCUT2D eigenvalue weighted by Gasteiger charge is -2.25. The fraction of sp³-hybridized carbons (Fsp3) is 0.483. The molecule has 13 nitrogen and oxygen atoms in total. The molecule has 2 heterocycles. The second-order valence-corrected chi connectivity index (χ2v) is 10.9. The van der Waals surface area contributed by atoms with Gasteiger partial charge in [0, 0.05) is 41.8 Å². The SMILES string of the molecule is CC(C)CC(N)C(=O)NC(Cc1c[nH]c2ccccc12)C(=O)NC(CCCCN)C(=O)NC(Cc1cnc[nH]1)C(=O)O. The summed E-state index contributed by atoms with van der Waals surface area (Å²) >= 11 is 0. The lowest BCUT2D eigenvalue weighted by atomic mass is 10.0. The highest BCUT2D eigenvalue weighted by atomic mass is 16.4. The zero-order valence-corrected chi connectivity index (χ0v) is 24.1. The topological polar surface area (TPSA) is 221 Å². The molecule has 42 heavy (non-hydrogen) atoms. The van der Waals surface area contributed by atoms with Gasteiger partial charge in [0.1, 0.15) is 18.1 Å². The normalized spacial score (nSPS) is 14.2. The summed E-state index contributed by atoms with van der Waals surface area (Å²) in [5.74, 6) is -2.77. The first-order valence-corrected chi connectivity index (χ1v) is 14.2. The molecular formula is C29H42N8O5. The van der Waals surface area contributed by atoms with E-state index in [9.17, 15) is 24.3 Å². The molecule has 0 bridgehead atoms. The number of hydrogen-bond acceptors (Lipinski definition) is 7. The predicted octanol–water partition coefficient (Wildman–Crippen LogP) is 0.718. The van der Waals surface area contributed by atoms with Gasteiger partial charge in [-0.15, -0.1) is 0 Å². The number of hydrogen-bond donors (Lipinski definition) is 8. The number of aromatic amines is 2. The van der Waals surface area contributed by atoms with Gasteiger partial charge in [0.2, 0.25) is 17.7 Å². The molecule has 2 aromatic heterocycles. The van der Waals surface area contributed by atoms with Crippen LogP contribution in [0, 0.1) is 5.92 Å². The second kappa shape index (κ2) is 15.7. The molecule has 0 aliphatic rings. The van der Waals surface area contributed by atoms with E-state index in [0.717, 1.165) is 16.5 Å². The number of unbranched alkanes of at least 4 members (excludes halogenated alkanes) is 1. The van der Waals surface area contributed by atoms with E-state index in [4.69, 9.17) is 11.5 Å². The monoisotopic (exact) mass is 582 g/mol. The van der Waals surface area contributed by atoms with Gasteiger partial charge in [0.25, 0.3) is 0 Å². The number of nitrogens with zero attached hydrogens (tertiary/aromatic N) is 1. The van der Waals surface area contributed by atoms with Crippen molar-refractivity contribution in [1.29, 1.82) is 0 Å². The third-order valence-electron chi connectivity index (χ3n) is 6.97. The Bertz CT molecular complexity index is 1320. The number of nitrogens with one attached hydrogen (secondary N) is 5. The van der Waals surface area contributed by atoms with Gasteiger partial charge in [0.15, 0.2) is 0 Å². The number of fused-ring (bicyclic) bond motifs is 1. The van der Waals surface area contributed by atoms with Crippen LogP contribution in [0.15, 0.2) is 43.0 Å². The standard InChI is InChI=1S/C29H42N8O5/c1-17(2)11-21(31)26(38)36-24(12-18-14-33-22-8-4-3-7-20(18)22)28(40)35-23(9-5-6-10-30)27(39)37-25(29(41)42)13-19-15-32-16-34-19/h3-4,7-8,14-17,21,23-25,33H,5-6,9-13,30-31H2,1-2H3,(H,32,34)(H,35,40)(H,36,38)(H,37,39)(H,41,42). The summed E-state index contributed by atoms with van der Waals surface area (Å²) in [5.41, 5.74) is 14.0. The summed E-state index contributed by atoms with van der Waals surface area (Å²) in [7, 11) is 0. The molecule has 0 fully saturated rings. The Labute approximate surface area is 244 Å². The van der Waals surface area contributed by atoms with Crippen LogP contribution in [-0.2, 0) is 32.0 Å². The van der Waals surface area contributed by atoms with Gasteiger partial charge in [-0.3, -0.25) is 14.4 Å². The van der Waals surface area contributed by atoms with Gasteiger partial charge in [-0.2, -0.15) is 0 Å². The van der Waals surface area contributed by atoms with Crippen molar-refractivity contribution in [3.63, 3.8) is 0 Å². The Hall–Kier alpha value is -4.23. The molecule has 10 N–H and O–H groups in total. The molecule has 0 saturated carbocycles. The van der Waals surface area contributed by atoms with Gasteiger partial charge in [-0.05, 0) is 49.8 Å². The first kappa shape index (κ1) is 32.3. The van der Waals surface area contributed by atoms with Crippen LogP contribution in [0.1, 0.15) is 50.8 Å². The molecule has 3 aromatic rings. The number of carbonyl (C=O) groups excluding carboxylic acids is 3. The van der Waals surface area contributed by atoms with Crippen LogP contribution in [0.25, 0.3) is 10.9 Å². The van der Waals surface area contributed by atoms with Gasteiger partial charge >= 0.3 is 5.97 Å². The van der Waals surface area contributed by atoms with Crippen LogP contribution in [0.5, 0.6) is 0 Å². The molecule has 3 rings (SSSR count). The Morgan fingerprint density at radius 1 is 0.929 bits per heavy atom. The van der Waals surface area contributed by atoms with Gasteiger partial charge in [-0.25, -0.2) is 9.78 Å². The zero-order chi connectivity index (χ0) is 30.6. The summed E-state index contributed by atoms with van der Waals surface area (Å²) in [5, 5.41) is 18.7. The highest BCUT2D eigenvalue weighted by Crippen LogP contribution is 2.19. The fourth-order valence-corrected chi connectivity index (χ4v) is 4.75. The fourth-order valence-electron chi connectivity index (χ4n) is 4.75. The number of benzene rings is 1. The molecule has 0 radical (unpaired) electrons. The third-order valence-corrected chi connectivity index (χ3v) is 6.97. The smallest absolute Gasteiger partial charge is 0.326 e.